The van der Waals surface area contributed by atoms with Crippen molar-refractivity contribution in [1.29, 1.82) is 5.41 Å². The zero-order valence-electron chi connectivity index (χ0n) is 12.1. The monoisotopic (exact) mass is 283 g/mol. The highest BCUT2D eigenvalue weighted by molar-refractivity contribution is 6.00. The summed E-state index contributed by atoms with van der Waals surface area (Å²) in [6.45, 7) is 3.50. The zero-order valence-corrected chi connectivity index (χ0v) is 12.1. The van der Waals surface area contributed by atoms with Crippen molar-refractivity contribution in [3.05, 3.63) is 29.6 Å². The van der Waals surface area contributed by atoms with Crippen LogP contribution in [-0.2, 0) is 9.47 Å². The van der Waals surface area contributed by atoms with Gasteiger partial charge in [-0.05, 0) is 19.1 Å². The molecule has 0 aromatic heterocycles. The fourth-order valence-corrected chi connectivity index (χ4v) is 2.12. The maximum Gasteiger partial charge on any atom is 0.136 e. The van der Waals surface area contributed by atoms with Crippen LogP contribution in [-0.4, -0.2) is 45.9 Å². The second kappa shape index (κ2) is 7.81. The molecule has 0 saturated heterocycles. The topological polar surface area (TPSA) is 71.6 Å². The SMILES string of the molecule is COCCN(c1cccc(F)c1C(=N)N)C(C)COC. The third-order valence-electron chi connectivity index (χ3n) is 3.05. The number of halogens is 1. The number of methoxy groups -OCH3 is 2. The normalized spacial score (nSPS) is 12.2. The van der Waals surface area contributed by atoms with Crippen LogP contribution in [0.25, 0.3) is 0 Å². The standard InChI is InChI=1S/C14H22FN3O2/c1-10(9-20-3)18(7-8-19-2)12-6-4-5-11(15)13(12)14(16)17/h4-6,10H,7-9H2,1-3H3,(H3,16,17). The number of anilines is 1. The van der Waals surface area contributed by atoms with Crippen molar-refractivity contribution in [2.24, 2.45) is 5.73 Å². The molecule has 112 valence electrons. The number of ether oxygens (including phenoxy) is 2. The number of nitrogens with two attached hydrogens (primary N) is 1. The molecular weight excluding hydrogens is 261 g/mol. The number of nitrogen functional groups attached to an aromatic ring is 1. The highest BCUT2D eigenvalue weighted by Crippen LogP contribution is 2.24. The Bertz CT molecular complexity index is 454. The van der Waals surface area contributed by atoms with E-state index in [2.05, 4.69) is 0 Å². The Morgan fingerprint density at radius 3 is 2.65 bits per heavy atom. The van der Waals surface area contributed by atoms with Crippen molar-refractivity contribution in [2.45, 2.75) is 13.0 Å². The van der Waals surface area contributed by atoms with E-state index in [1.165, 1.54) is 6.07 Å². The van der Waals surface area contributed by atoms with Crippen molar-refractivity contribution < 1.29 is 13.9 Å². The molecule has 0 saturated carbocycles. The van der Waals surface area contributed by atoms with Crippen molar-refractivity contribution in [2.75, 3.05) is 38.9 Å². The molecule has 0 amide bonds. The van der Waals surface area contributed by atoms with E-state index in [4.69, 9.17) is 20.6 Å². The summed E-state index contributed by atoms with van der Waals surface area (Å²) in [5.74, 6) is -0.785. The number of amidine groups is 1. The van der Waals surface area contributed by atoms with Crippen molar-refractivity contribution in [1.82, 2.24) is 0 Å². The summed E-state index contributed by atoms with van der Waals surface area (Å²) < 4.78 is 24.2. The average molecular weight is 283 g/mol. The first-order valence-electron chi connectivity index (χ1n) is 6.40. The van der Waals surface area contributed by atoms with E-state index < -0.39 is 5.82 Å². The molecule has 1 atom stereocenters. The first-order chi connectivity index (χ1) is 9.52. The molecule has 1 aromatic rings. The van der Waals surface area contributed by atoms with Gasteiger partial charge in [0.2, 0.25) is 0 Å². The Kier molecular flexibility index (Phi) is 6.41. The number of nitrogens with one attached hydrogen (secondary N) is 1. The molecule has 1 aromatic carbocycles. The van der Waals surface area contributed by atoms with Gasteiger partial charge >= 0.3 is 0 Å². The Morgan fingerprint density at radius 1 is 1.40 bits per heavy atom. The van der Waals surface area contributed by atoms with Crippen LogP contribution < -0.4 is 10.6 Å². The smallest absolute Gasteiger partial charge is 0.136 e. The Labute approximate surface area is 119 Å². The maximum atomic E-state index is 13.9. The van der Waals surface area contributed by atoms with E-state index in [-0.39, 0.29) is 17.4 Å². The molecule has 0 radical (unpaired) electrons. The minimum absolute atomic E-state index is 0.00931. The maximum absolute atomic E-state index is 13.9. The van der Waals surface area contributed by atoms with Crippen LogP contribution in [0.15, 0.2) is 18.2 Å². The quantitative estimate of drug-likeness (QED) is 0.561. The van der Waals surface area contributed by atoms with Gasteiger partial charge in [0, 0.05) is 26.8 Å². The molecule has 0 bridgehead atoms. The van der Waals surface area contributed by atoms with E-state index in [0.717, 1.165) is 0 Å². The molecule has 0 spiro atoms. The summed E-state index contributed by atoms with van der Waals surface area (Å²) in [7, 11) is 3.22. The third-order valence-corrected chi connectivity index (χ3v) is 3.05. The molecule has 0 aliphatic carbocycles. The molecule has 0 heterocycles. The Hall–Kier alpha value is -1.66. The molecule has 5 nitrogen and oxygen atoms in total. The molecule has 1 rings (SSSR count). The summed E-state index contributed by atoms with van der Waals surface area (Å²) >= 11 is 0. The number of rotatable bonds is 8. The lowest BCUT2D eigenvalue weighted by atomic mass is 10.1. The van der Waals surface area contributed by atoms with Crippen LogP contribution >= 0.6 is 0 Å². The lowest BCUT2D eigenvalue weighted by molar-refractivity contribution is 0.171. The second-order valence-electron chi connectivity index (χ2n) is 4.54. The molecule has 0 aliphatic heterocycles. The van der Waals surface area contributed by atoms with Crippen LogP contribution in [0.2, 0.25) is 0 Å². The molecule has 1 unspecified atom stereocenters. The summed E-state index contributed by atoms with van der Waals surface area (Å²) in [6.07, 6.45) is 0. The predicted molar refractivity (Wildman–Crippen MR) is 78.0 cm³/mol. The van der Waals surface area contributed by atoms with E-state index in [1.807, 2.05) is 11.8 Å². The number of hydrogen-bond donors (Lipinski definition) is 2. The van der Waals surface area contributed by atoms with Gasteiger partial charge < -0.3 is 20.1 Å². The van der Waals surface area contributed by atoms with E-state index in [9.17, 15) is 4.39 Å². The molecule has 0 aliphatic rings. The van der Waals surface area contributed by atoms with E-state index in [1.54, 1.807) is 26.4 Å². The van der Waals surface area contributed by atoms with Gasteiger partial charge in [0.05, 0.1) is 24.5 Å². The van der Waals surface area contributed by atoms with Gasteiger partial charge in [-0.3, -0.25) is 5.41 Å². The molecule has 6 heteroatoms. The van der Waals surface area contributed by atoms with Crippen molar-refractivity contribution >= 4 is 11.5 Å². The Morgan fingerprint density at radius 2 is 2.10 bits per heavy atom. The third kappa shape index (κ3) is 3.91. The van der Waals surface area contributed by atoms with Gasteiger partial charge in [0.25, 0.3) is 0 Å². The van der Waals surface area contributed by atoms with Crippen molar-refractivity contribution in [3.63, 3.8) is 0 Å². The van der Waals surface area contributed by atoms with Gasteiger partial charge in [-0.15, -0.1) is 0 Å². The molecule has 0 fully saturated rings. The van der Waals surface area contributed by atoms with E-state index >= 15 is 0 Å². The fourth-order valence-electron chi connectivity index (χ4n) is 2.12. The number of benzene rings is 1. The zero-order chi connectivity index (χ0) is 15.1. The second-order valence-corrected chi connectivity index (χ2v) is 4.54. The average Bonchev–Trinajstić information content (AvgIpc) is 2.39. The minimum atomic E-state index is -0.498. The highest BCUT2D eigenvalue weighted by Gasteiger charge is 2.21. The predicted octanol–water partition coefficient (Wildman–Crippen LogP) is 1.60. The first kappa shape index (κ1) is 16.4. The number of nitrogens with zero attached hydrogens (tertiary/aromatic N) is 1. The molecule has 3 N–H and O–H groups in total. The lowest BCUT2D eigenvalue weighted by Crippen LogP contribution is -2.40. The van der Waals surface area contributed by atoms with Gasteiger partial charge in [0.15, 0.2) is 0 Å². The van der Waals surface area contributed by atoms with Gasteiger partial charge in [-0.25, -0.2) is 4.39 Å². The minimum Gasteiger partial charge on any atom is -0.384 e. The lowest BCUT2D eigenvalue weighted by Gasteiger charge is -2.32. The van der Waals surface area contributed by atoms with Crippen molar-refractivity contribution in [3.8, 4) is 0 Å². The molecular formula is C14H22FN3O2. The van der Waals surface area contributed by atoms with Gasteiger partial charge in [-0.1, -0.05) is 6.07 Å². The summed E-state index contributed by atoms with van der Waals surface area (Å²) in [5.41, 5.74) is 6.21. The summed E-state index contributed by atoms with van der Waals surface area (Å²) in [5, 5.41) is 7.58. The van der Waals surface area contributed by atoms with Crippen LogP contribution in [0, 0.1) is 11.2 Å². The van der Waals surface area contributed by atoms with Crippen LogP contribution in [0.4, 0.5) is 10.1 Å². The molecule has 20 heavy (non-hydrogen) atoms. The van der Waals surface area contributed by atoms with Gasteiger partial charge in [0.1, 0.15) is 11.7 Å². The number of hydrogen-bond acceptors (Lipinski definition) is 4. The van der Waals surface area contributed by atoms with Gasteiger partial charge in [-0.2, -0.15) is 0 Å². The van der Waals surface area contributed by atoms with E-state index in [0.29, 0.717) is 25.4 Å². The first-order valence-corrected chi connectivity index (χ1v) is 6.40. The van der Waals surface area contributed by atoms with Crippen LogP contribution in [0.1, 0.15) is 12.5 Å². The summed E-state index contributed by atoms with van der Waals surface area (Å²) in [6, 6.07) is 4.67. The highest BCUT2D eigenvalue weighted by atomic mass is 19.1. The van der Waals surface area contributed by atoms with Crippen LogP contribution in [0.3, 0.4) is 0 Å². The summed E-state index contributed by atoms with van der Waals surface area (Å²) in [4.78, 5) is 1.94. The largest absolute Gasteiger partial charge is 0.384 e. The fraction of sp³-hybridized carbons (Fsp3) is 0.500. The van der Waals surface area contributed by atoms with Crippen LogP contribution in [0.5, 0.6) is 0 Å². The Balaban J connectivity index is 3.18.